The van der Waals surface area contributed by atoms with Gasteiger partial charge in [0.1, 0.15) is 5.82 Å². The van der Waals surface area contributed by atoms with Crippen LogP contribution in [0.25, 0.3) is 0 Å². The number of hydrogen-bond acceptors (Lipinski definition) is 6. The second kappa shape index (κ2) is 10.5. The lowest BCUT2D eigenvalue weighted by atomic mass is 10.0. The number of nitrogens with zero attached hydrogens (tertiary/aromatic N) is 3. The summed E-state index contributed by atoms with van der Waals surface area (Å²) in [5.74, 6) is 0.605. The van der Waals surface area contributed by atoms with Gasteiger partial charge in [0.2, 0.25) is 0 Å². The van der Waals surface area contributed by atoms with E-state index >= 15 is 0 Å². The maximum atomic E-state index is 13.1. The van der Waals surface area contributed by atoms with Crippen molar-refractivity contribution in [1.29, 1.82) is 0 Å². The van der Waals surface area contributed by atoms with E-state index in [0.29, 0.717) is 38.1 Å². The second-order valence-electron chi connectivity index (χ2n) is 8.17. The van der Waals surface area contributed by atoms with Crippen LogP contribution in [-0.2, 0) is 4.74 Å². The molecule has 170 valence electrons. The maximum absolute atomic E-state index is 13.1. The first-order valence-corrected chi connectivity index (χ1v) is 11.4. The summed E-state index contributed by atoms with van der Waals surface area (Å²) in [6.07, 6.45) is 2.88. The zero-order valence-corrected chi connectivity index (χ0v) is 18.5. The maximum Gasteiger partial charge on any atom is 0.409 e. The van der Waals surface area contributed by atoms with E-state index in [2.05, 4.69) is 32.7 Å². The van der Waals surface area contributed by atoms with Crippen LogP contribution in [-0.4, -0.2) is 67.3 Å². The number of hydrogen-bond donors (Lipinski definition) is 2. The van der Waals surface area contributed by atoms with Gasteiger partial charge in [-0.2, -0.15) is 0 Å². The Balaban J connectivity index is 1.40. The van der Waals surface area contributed by atoms with Crippen LogP contribution < -0.4 is 15.5 Å². The number of likely N-dealkylation sites (tertiary alicyclic amines) is 1. The third-order valence-corrected chi connectivity index (χ3v) is 6.06. The molecule has 1 atom stereocenters. The summed E-state index contributed by atoms with van der Waals surface area (Å²) < 4.78 is 5.07. The Kier molecular flexibility index (Phi) is 7.21. The standard InChI is InChI=1S/C24H31N5O3/c1-2-32-24(31)28-14-10-19(11-15-28)27-23(30)20-9-6-12-26-22(20)29-16-13-25-21(17-29)18-7-4-3-5-8-18/h3-9,12,19,21,25H,2,10-11,13-17H2,1H3,(H,27,30). The molecular formula is C24H31N5O3. The third kappa shape index (κ3) is 5.19. The van der Waals surface area contributed by atoms with Gasteiger partial charge in [-0.05, 0) is 37.5 Å². The molecule has 4 rings (SSSR count). The molecule has 2 fully saturated rings. The zero-order valence-electron chi connectivity index (χ0n) is 18.5. The molecule has 2 saturated heterocycles. The average molecular weight is 438 g/mol. The number of ether oxygens (including phenoxy) is 1. The minimum Gasteiger partial charge on any atom is -0.450 e. The number of benzene rings is 1. The van der Waals surface area contributed by atoms with Gasteiger partial charge >= 0.3 is 6.09 Å². The summed E-state index contributed by atoms with van der Waals surface area (Å²) in [7, 11) is 0. The van der Waals surface area contributed by atoms with Crippen LogP contribution in [0.3, 0.4) is 0 Å². The molecule has 1 aromatic carbocycles. The van der Waals surface area contributed by atoms with Gasteiger partial charge in [0, 0.05) is 51.0 Å². The lowest BCUT2D eigenvalue weighted by Gasteiger charge is -2.36. The van der Waals surface area contributed by atoms with E-state index in [1.54, 1.807) is 24.1 Å². The molecule has 2 aliphatic rings. The first-order valence-electron chi connectivity index (χ1n) is 11.4. The van der Waals surface area contributed by atoms with Gasteiger partial charge in [0.15, 0.2) is 0 Å². The van der Waals surface area contributed by atoms with Crippen molar-refractivity contribution in [2.75, 3.05) is 44.2 Å². The fraction of sp³-hybridized carbons (Fsp3) is 0.458. The Labute approximate surface area is 188 Å². The van der Waals surface area contributed by atoms with Crippen molar-refractivity contribution in [2.45, 2.75) is 31.8 Å². The highest BCUT2D eigenvalue weighted by atomic mass is 16.6. The van der Waals surface area contributed by atoms with Gasteiger partial charge in [-0.25, -0.2) is 9.78 Å². The van der Waals surface area contributed by atoms with Crippen LogP contribution >= 0.6 is 0 Å². The molecule has 3 heterocycles. The number of nitrogens with one attached hydrogen (secondary N) is 2. The Bertz CT molecular complexity index is 915. The van der Waals surface area contributed by atoms with Gasteiger partial charge in [-0.3, -0.25) is 4.79 Å². The number of amides is 2. The van der Waals surface area contributed by atoms with Gasteiger partial charge in [-0.1, -0.05) is 30.3 Å². The largest absolute Gasteiger partial charge is 0.450 e. The fourth-order valence-electron chi connectivity index (χ4n) is 4.36. The summed E-state index contributed by atoms with van der Waals surface area (Å²) in [6, 6.07) is 14.2. The van der Waals surface area contributed by atoms with E-state index in [9.17, 15) is 9.59 Å². The SMILES string of the molecule is CCOC(=O)N1CCC(NC(=O)c2cccnc2N2CCNC(c3ccccc3)C2)CC1. The highest BCUT2D eigenvalue weighted by Crippen LogP contribution is 2.24. The van der Waals surface area contributed by atoms with E-state index in [1.165, 1.54) is 5.56 Å². The number of pyridine rings is 1. The van der Waals surface area contributed by atoms with Crippen molar-refractivity contribution >= 4 is 17.8 Å². The lowest BCUT2D eigenvalue weighted by molar-refractivity contribution is 0.0860. The van der Waals surface area contributed by atoms with Crippen LogP contribution in [0.5, 0.6) is 0 Å². The Morgan fingerprint density at radius 2 is 1.91 bits per heavy atom. The number of anilines is 1. The number of piperidine rings is 1. The van der Waals surface area contributed by atoms with E-state index in [-0.39, 0.29) is 24.1 Å². The van der Waals surface area contributed by atoms with Crippen molar-refractivity contribution in [3.05, 3.63) is 59.8 Å². The molecule has 0 saturated carbocycles. The van der Waals surface area contributed by atoms with Crippen molar-refractivity contribution < 1.29 is 14.3 Å². The van der Waals surface area contributed by atoms with Crippen molar-refractivity contribution in [2.24, 2.45) is 0 Å². The highest BCUT2D eigenvalue weighted by Gasteiger charge is 2.28. The molecule has 0 bridgehead atoms. The van der Waals surface area contributed by atoms with Crippen LogP contribution in [0.15, 0.2) is 48.7 Å². The summed E-state index contributed by atoms with van der Waals surface area (Å²) in [4.78, 5) is 33.5. The minimum atomic E-state index is -0.279. The smallest absolute Gasteiger partial charge is 0.409 e. The van der Waals surface area contributed by atoms with Gasteiger partial charge < -0.3 is 25.2 Å². The minimum absolute atomic E-state index is 0.0290. The predicted octanol–water partition coefficient (Wildman–Crippen LogP) is 2.58. The number of carbonyl (C=O) groups is 2. The highest BCUT2D eigenvalue weighted by molar-refractivity contribution is 5.99. The topological polar surface area (TPSA) is 86.8 Å². The van der Waals surface area contributed by atoms with E-state index in [0.717, 1.165) is 25.5 Å². The number of rotatable bonds is 5. The van der Waals surface area contributed by atoms with Crippen LogP contribution in [0.1, 0.15) is 41.7 Å². The molecule has 8 heteroatoms. The second-order valence-corrected chi connectivity index (χ2v) is 8.17. The predicted molar refractivity (Wildman–Crippen MR) is 123 cm³/mol. The first-order chi connectivity index (χ1) is 15.7. The molecule has 2 N–H and O–H groups in total. The van der Waals surface area contributed by atoms with Crippen molar-refractivity contribution in [1.82, 2.24) is 20.5 Å². The molecule has 2 amide bonds. The Morgan fingerprint density at radius 3 is 2.66 bits per heavy atom. The van der Waals surface area contributed by atoms with E-state index in [1.807, 2.05) is 24.3 Å². The quantitative estimate of drug-likeness (QED) is 0.748. The van der Waals surface area contributed by atoms with Crippen molar-refractivity contribution in [3.63, 3.8) is 0 Å². The summed E-state index contributed by atoms with van der Waals surface area (Å²) >= 11 is 0. The number of aromatic nitrogens is 1. The lowest BCUT2D eigenvalue weighted by Crippen LogP contribution is -2.48. The first kappa shape index (κ1) is 22.1. The molecule has 1 aromatic heterocycles. The summed E-state index contributed by atoms with van der Waals surface area (Å²) in [5.41, 5.74) is 1.82. The fourth-order valence-corrected chi connectivity index (χ4v) is 4.36. The average Bonchev–Trinajstić information content (AvgIpc) is 2.85. The molecular weight excluding hydrogens is 406 g/mol. The molecule has 1 unspecified atom stereocenters. The van der Waals surface area contributed by atoms with Crippen LogP contribution in [0.2, 0.25) is 0 Å². The number of piperazine rings is 1. The van der Waals surface area contributed by atoms with E-state index < -0.39 is 0 Å². The molecule has 2 aromatic rings. The number of carbonyl (C=O) groups excluding carboxylic acids is 2. The Hall–Kier alpha value is -3.13. The molecule has 0 radical (unpaired) electrons. The summed E-state index contributed by atoms with van der Waals surface area (Å²) in [6.45, 7) is 5.70. The Morgan fingerprint density at radius 1 is 1.12 bits per heavy atom. The molecule has 0 aliphatic carbocycles. The van der Waals surface area contributed by atoms with Crippen molar-refractivity contribution in [3.8, 4) is 0 Å². The monoisotopic (exact) mass is 437 g/mol. The van der Waals surface area contributed by atoms with Crippen LogP contribution in [0.4, 0.5) is 10.6 Å². The molecule has 2 aliphatic heterocycles. The third-order valence-electron chi connectivity index (χ3n) is 6.06. The van der Waals surface area contributed by atoms with E-state index in [4.69, 9.17) is 4.74 Å². The van der Waals surface area contributed by atoms with Gasteiger partial charge in [0.25, 0.3) is 5.91 Å². The van der Waals surface area contributed by atoms with Gasteiger partial charge in [-0.15, -0.1) is 0 Å². The normalized spacial score (nSPS) is 19.5. The zero-order chi connectivity index (χ0) is 22.3. The summed E-state index contributed by atoms with van der Waals surface area (Å²) in [5, 5.41) is 6.71. The molecule has 0 spiro atoms. The molecule has 8 nitrogen and oxygen atoms in total. The van der Waals surface area contributed by atoms with Crippen LogP contribution in [0, 0.1) is 0 Å². The molecule has 32 heavy (non-hydrogen) atoms. The van der Waals surface area contributed by atoms with Gasteiger partial charge in [0.05, 0.1) is 12.2 Å².